The van der Waals surface area contributed by atoms with Crippen LogP contribution in [0.2, 0.25) is 0 Å². The number of aliphatic hydroxyl groups is 1. The lowest BCUT2D eigenvalue weighted by atomic mass is 9.71. The zero-order valence-corrected chi connectivity index (χ0v) is 12.5. The lowest BCUT2D eigenvalue weighted by Gasteiger charge is -2.45. The van der Waals surface area contributed by atoms with E-state index in [4.69, 9.17) is 4.74 Å². The van der Waals surface area contributed by atoms with Crippen molar-refractivity contribution in [2.45, 2.75) is 55.8 Å². The highest BCUT2D eigenvalue weighted by atomic mass is 32.2. The standard InChI is InChI=1S/C15H25NO2S/c17-15(4-7-16-6-1-2-13(15)16)12-3-8-18-14(10-12)5-9-19-11-14/h12-13,17H,1-11H2. The van der Waals surface area contributed by atoms with Crippen molar-refractivity contribution in [2.75, 3.05) is 31.2 Å². The molecule has 0 aromatic carbocycles. The topological polar surface area (TPSA) is 32.7 Å². The van der Waals surface area contributed by atoms with Crippen LogP contribution in [0.1, 0.15) is 38.5 Å². The molecular weight excluding hydrogens is 258 g/mol. The third kappa shape index (κ3) is 1.98. The molecule has 1 N–H and O–H groups in total. The van der Waals surface area contributed by atoms with E-state index in [2.05, 4.69) is 4.90 Å². The maximum absolute atomic E-state index is 11.3. The molecule has 4 fully saturated rings. The Hall–Kier alpha value is 0.230. The molecule has 4 atom stereocenters. The van der Waals surface area contributed by atoms with Crippen LogP contribution in [0.5, 0.6) is 0 Å². The van der Waals surface area contributed by atoms with E-state index in [1.54, 1.807) is 0 Å². The Morgan fingerprint density at radius 1 is 1.21 bits per heavy atom. The van der Waals surface area contributed by atoms with Crippen LogP contribution < -0.4 is 0 Å². The fourth-order valence-corrected chi connectivity index (χ4v) is 6.32. The van der Waals surface area contributed by atoms with Crippen molar-refractivity contribution in [1.29, 1.82) is 0 Å². The molecule has 3 nitrogen and oxygen atoms in total. The molecule has 4 saturated heterocycles. The third-order valence-corrected chi connectivity index (χ3v) is 7.23. The van der Waals surface area contributed by atoms with Gasteiger partial charge >= 0.3 is 0 Å². The van der Waals surface area contributed by atoms with E-state index in [0.717, 1.165) is 38.2 Å². The van der Waals surface area contributed by atoms with Crippen LogP contribution in [0.25, 0.3) is 0 Å². The van der Waals surface area contributed by atoms with E-state index in [9.17, 15) is 5.11 Å². The largest absolute Gasteiger partial charge is 0.388 e. The summed E-state index contributed by atoms with van der Waals surface area (Å²) in [5.41, 5.74) is -0.310. The van der Waals surface area contributed by atoms with Crippen molar-refractivity contribution >= 4 is 11.8 Å². The molecule has 0 aliphatic carbocycles. The van der Waals surface area contributed by atoms with E-state index < -0.39 is 5.60 Å². The van der Waals surface area contributed by atoms with Gasteiger partial charge in [-0.1, -0.05) is 0 Å². The van der Waals surface area contributed by atoms with Gasteiger partial charge in [-0.05, 0) is 56.7 Å². The fraction of sp³-hybridized carbons (Fsp3) is 1.00. The molecule has 19 heavy (non-hydrogen) atoms. The maximum atomic E-state index is 11.3. The van der Waals surface area contributed by atoms with Crippen LogP contribution >= 0.6 is 11.8 Å². The van der Waals surface area contributed by atoms with Gasteiger partial charge in [0.05, 0.1) is 11.2 Å². The predicted molar refractivity (Wildman–Crippen MR) is 77.5 cm³/mol. The van der Waals surface area contributed by atoms with Gasteiger partial charge in [0.15, 0.2) is 0 Å². The van der Waals surface area contributed by atoms with Crippen molar-refractivity contribution < 1.29 is 9.84 Å². The molecule has 108 valence electrons. The van der Waals surface area contributed by atoms with Gasteiger partial charge in [-0.25, -0.2) is 0 Å². The minimum absolute atomic E-state index is 0.106. The Labute approximate surface area is 120 Å². The molecule has 4 aliphatic heterocycles. The Morgan fingerprint density at radius 2 is 2.16 bits per heavy atom. The Bertz CT molecular complexity index is 358. The molecule has 1 spiro atoms. The smallest absolute Gasteiger partial charge is 0.0844 e. The van der Waals surface area contributed by atoms with Gasteiger partial charge in [0.1, 0.15) is 0 Å². The van der Waals surface area contributed by atoms with Gasteiger partial charge in [-0.3, -0.25) is 4.90 Å². The first kappa shape index (κ1) is 12.9. The van der Waals surface area contributed by atoms with Crippen LogP contribution in [-0.4, -0.2) is 58.5 Å². The molecule has 0 radical (unpaired) electrons. The van der Waals surface area contributed by atoms with Gasteiger partial charge in [0.25, 0.3) is 0 Å². The molecule has 4 heterocycles. The summed E-state index contributed by atoms with van der Waals surface area (Å²) in [5, 5.41) is 11.3. The number of ether oxygens (including phenoxy) is 1. The Morgan fingerprint density at radius 3 is 3.00 bits per heavy atom. The highest BCUT2D eigenvalue weighted by Crippen LogP contribution is 2.49. The van der Waals surface area contributed by atoms with Crippen LogP contribution in [0.3, 0.4) is 0 Å². The molecule has 4 aliphatic rings. The molecule has 0 bridgehead atoms. The summed E-state index contributed by atoms with van der Waals surface area (Å²) in [6.45, 7) is 3.18. The maximum Gasteiger partial charge on any atom is 0.0844 e. The quantitative estimate of drug-likeness (QED) is 0.796. The Kier molecular flexibility index (Phi) is 3.14. The van der Waals surface area contributed by atoms with Crippen molar-refractivity contribution in [3.63, 3.8) is 0 Å². The highest BCUT2D eigenvalue weighted by molar-refractivity contribution is 7.99. The normalized spacial score (nSPS) is 51.0. The summed E-state index contributed by atoms with van der Waals surface area (Å²) < 4.78 is 6.13. The van der Waals surface area contributed by atoms with E-state index >= 15 is 0 Å². The second kappa shape index (κ2) is 4.62. The summed E-state index contributed by atoms with van der Waals surface area (Å²) in [6, 6.07) is 0.446. The van der Waals surface area contributed by atoms with Crippen LogP contribution in [0.4, 0.5) is 0 Å². The summed E-state index contributed by atoms with van der Waals surface area (Å²) in [4.78, 5) is 2.53. The van der Waals surface area contributed by atoms with E-state index in [-0.39, 0.29) is 5.60 Å². The molecule has 0 aromatic rings. The number of thioether (sulfide) groups is 1. The predicted octanol–water partition coefficient (Wildman–Crippen LogP) is 1.89. The second-order valence-corrected chi connectivity index (χ2v) is 8.06. The van der Waals surface area contributed by atoms with Crippen LogP contribution in [0, 0.1) is 5.92 Å². The minimum Gasteiger partial charge on any atom is -0.388 e. The number of hydrogen-bond acceptors (Lipinski definition) is 4. The molecule has 0 aromatic heterocycles. The first-order valence-corrected chi connectivity index (χ1v) is 9.06. The number of nitrogens with zero attached hydrogens (tertiary/aromatic N) is 1. The Balaban J connectivity index is 1.54. The monoisotopic (exact) mass is 283 g/mol. The average molecular weight is 283 g/mol. The van der Waals surface area contributed by atoms with Gasteiger partial charge < -0.3 is 9.84 Å². The number of hydrogen-bond donors (Lipinski definition) is 1. The SMILES string of the molecule is OC1(C2CCOC3(CCSC3)C2)CCN2CCCC21. The van der Waals surface area contributed by atoms with Crippen molar-refractivity contribution in [3.05, 3.63) is 0 Å². The molecule has 4 rings (SSSR count). The zero-order valence-electron chi connectivity index (χ0n) is 11.6. The van der Waals surface area contributed by atoms with Crippen LogP contribution in [0.15, 0.2) is 0 Å². The average Bonchev–Trinajstić information content (AvgIpc) is 3.10. The first-order valence-electron chi connectivity index (χ1n) is 7.90. The second-order valence-electron chi connectivity index (χ2n) is 6.96. The summed E-state index contributed by atoms with van der Waals surface area (Å²) in [6.07, 6.45) is 6.82. The van der Waals surface area contributed by atoms with Gasteiger partial charge in [-0.15, -0.1) is 0 Å². The molecule has 0 amide bonds. The number of rotatable bonds is 1. The molecule has 4 unspecified atom stereocenters. The fourth-order valence-electron chi connectivity index (χ4n) is 4.94. The highest BCUT2D eigenvalue weighted by Gasteiger charge is 2.55. The van der Waals surface area contributed by atoms with Crippen LogP contribution in [-0.2, 0) is 4.74 Å². The summed E-state index contributed by atoms with van der Waals surface area (Å²) in [5.74, 6) is 2.85. The summed E-state index contributed by atoms with van der Waals surface area (Å²) in [7, 11) is 0. The van der Waals surface area contributed by atoms with Crippen molar-refractivity contribution in [1.82, 2.24) is 4.90 Å². The summed E-state index contributed by atoms with van der Waals surface area (Å²) >= 11 is 2.03. The number of fused-ring (bicyclic) bond motifs is 1. The van der Waals surface area contributed by atoms with E-state index in [1.165, 1.54) is 31.6 Å². The van der Waals surface area contributed by atoms with Crippen molar-refractivity contribution in [3.8, 4) is 0 Å². The van der Waals surface area contributed by atoms with E-state index in [1.807, 2.05) is 11.8 Å². The molecule has 4 heteroatoms. The van der Waals surface area contributed by atoms with E-state index in [0.29, 0.717) is 12.0 Å². The van der Waals surface area contributed by atoms with Gasteiger partial charge in [0, 0.05) is 24.9 Å². The van der Waals surface area contributed by atoms with Gasteiger partial charge in [0.2, 0.25) is 0 Å². The lowest BCUT2D eigenvalue weighted by Crippen LogP contribution is -2.53. The molecule has 0 saturated carbocycles. The first-order chi connectivity index (χ1) is 9.22. The van der Waals surface area contributed by atoms with Gasteiger partial charge in [-0.2, -0.15) is 11.8 Å². The third-order valence-electron chi connectivity index (χ3n) is 6.01. The minimum atomic E-state index is -0.416. The zero-order chi connectivity index (χ0) is 12.9. The van der Waals surface area contributed by atoms with Crippen molar-refractivity contribution in [2.24, 2.45) is 5.92 Å². The lowest BCUT2D eigenvalue weighted by molar-refractivity contribution is -0.138. The molecular formula is C15H25NO2S.